The molecule has 1 aromatic heterocycles. The molecular formula is C33H22ClFN2O4. The van der Waals surface area contributed by atoms with E-state index in [0.717, 1.165) is 11.1 Å². The number of fused-ring (bicyclic) bond motifs is 5. The summed E-state index contributed by atoms with van der Waals surface area (Å²) in [6.07, 6.45) is 0. The third-order valence-corrected chi connectivity index (χ3v) is 8.18. The van der Waals surface area contributed by atoms with Gasteiger partial charge >= 0.3 is 0 Å². The van der Waals surface area contributed by atoms with E-state index in [1.807, 2.05) is 31.2 Å². The highest BCUT2D eigenvalue weighted by Crippen LogP contribution is 2.53. The summed E-state index contributed by atoms with van der Waals surface area (Å²) in [7, 11) is 0. The normalized spacial score (nSPS) is 17.5. The molecule has 0 saturated heterocycles. The number of para-hydroxylation sites is 1. The van der Waals surface area contributed by atoms with Crippen molar-refractivity contribution in [3.8, 4) is 0 Å². The second-order valence-electron chi connectivity index (χ2n) is 10.4. The fourth-order valence-electron chi connectivity index (χ4n) is 6.01. The maximum absolute atomic E-state index is 14.8. The number of hydrogen-bond donors (Lipinski definition) is 0. The molecule has 2 amide bonds. The number of anilines is 1. The van der Waals surface area contributed by atoms with Crippen molar-refractivity contribution in [1.29, 1.82) is 0 Å². The van der Waals surface area contributed by atoms with Crippen LogP contribution in [0, 0.1) is 12.7 Å². The molecule has 2 aliphatic heterocycles. The lowest BCUT2D eigenvalue weighted by atomic mass is 9.83. The van der Waals surface area contributed by atoms with Crippen molar-refractivity contribution in [2.45, 2.75) is 25.6 Å². The van der Waals surface area contributed by atoms with Gasteiger partial charge in [-0.2, -0.15) is 0 Å². The molecule has 0 fully saturated rings. The molecule has 202 valence electrons. The number of carbonyl (C=O) groups excluding carboxylic acids is 2. The molecule has 1 atom stereocenters. The van der Waals surface area contributed by atoms with E-state index in [-0.39, 0.29) is 35.4 Å². The molecule has 7 rings (SSSR count). The highest BCUT2D eigenvalue weighted by atomic mass is 35.5. The molecule has 4 aromatic carbocycles. The van der Waals surface area contributed by atoms with Gasteiger partial charge < -0.3 is 14.2 Å². The van der Waals surface area contributed by atoms with Crippen LogP contribution in [0.4, 0.5) is 10.1 Å². The van der Waals surface area contributed by atoms with E-state index in [2.05, 4.69) is 0 Å². The zero-order valence-electron chi connectivity index (χ0n) is 21.9. The van der Waals surface area contributed by atoms with Gasteiger partial charge in [0.25, 0.3) is 11.8 Å². The minimum atomic E-state index is -1.82. The van der Waals surface area contributed by atoms with Gasteiger partial charge in [0.2, 0.25) is 5.76 Å². The maximum Gasteiger partial charge on any atom is 0.291 e. The van der Waals surface area contributed by atoms with Gasteiger partial charge in [-0.1, -0.05) is 77.8 Å². The molecule has 1 unspecified atom stereocenters. The van der Waals surface area contributed by atoms with Crippen LogP contribution >= 0.6 is 11.6 Å². The first-order chi connectivity index (χ1) is 19.8. The minimum Gasteiger partial charge on any atom is -0.450 e. The first-order valence-corrected chi connectivity index (χ1v) is 13.5. The maximum atomic E-state index is 14.8. The van der Waals surface area contributed by atoms with E-state index >= 15 is 0 Å². The lowest BCUT2D eigenvalue weighted by molar-refractivity contribution is -0.126. The molecule has 8 heteroatoms. The Morgan fingerprint density at radius 1 is 0.878 bits per heavy atom. The standard InChI is InChI=1S/C33H22ClFN2O4/c1-19-10-12-20(13-11-19)17-37-31(39)30-28(29(38)23-16-22(34)14-15-27(23)41-30)33(37)24-7-3-5-9-26(24)36(32(33)40)18-21-6-2-4-8-25(21)35/h2-16H,17-18H2,1H3. The molecule has 0 radical (unpaired) electrons. The second-order valence-corrected chi connectivity index (χ2v) is 10.8. The number of benzene rings is 4. The third-order valence-electron chi connectivity index (χ3n) is 7.95. The van der Waals surface area contributed by atoms with Gasteiger partial charge in [0.05, 0.1) is 23.2 Å². The highest BCUT2D eigenvalue weighted by Gasteiger charge is 2.65. The van der Waals surface area contributed by atoms with Crippen LogP contribution in [0.25, 0.3) is 11.0 Å². The van der Waals surface area contributed by atoms with Crippen LogP contribution in [0.3, 0.4) is 0 Å². The average Bonchev–Trinajstić information content (AvgIpc) is 3.36. The van der Waals surface area contributed by atoms with Crippen molar-refractivity contribution in [3.63, 3.8) is 0 Å². The molecule has 6 nitrogen and oxygen atoms in total. The van der Waals surface area contributed by atoms with E-state index < -0.39 is 28.6 Å². The SMILES string of the molecule is Cc1ccc(CN2C(=O)c3oc4ccc(Cl)cc4c(=O)c3C23C(=O)N(Cc2ccccc2F)c2ccccc23)cc1. The first kappa shape index (κ1) is 25.2. The van der Waals surface area contributed by atoms with Crippen molar-refractivity contribution >= 4 is 40.1 Å². The minimum absolute atomic E-state index is 0.0352. The van der Waals surface area contributed by atoms with Crippen LogP contribution in [0.1, 0.15) is 38.4 Å². The predicted molar refractivity (Wildman–Crippen MR) is 153 cm³/mol. The lowest BCUT2D eigenvalue weighted by Gasteiger charge is -2.34. The Labute approximate surface area is 239 Å². The van der Waals surface area contributed by atoms with E-state index in [0.29, 0.717) is 21.8 Å². The van der Waals surface area contributed by atoms with Crippen molar-refractivity contribution in [2.75, 3.05) is 4.90 Å². The van der Waals surface area contributed by atoms with Crippen molar-refractivity contribution in [2.24, 2.45) is 0 Å². The molecule has 2 aliphatic rings. The van der Waals surface area contributed by atoms with Gasteiger partial charge in [0.1, 0.15) is 11.4 Å². The van der Waals surface area contributed by atoms with Crippen LogP contribution < -0.4 is 10.3 Å². The van der Waals surface area contributed by atoms with E-state index in [1.54, 1.807) is 48.5 Å². The molecule has 0 N–H and O–H groups in total. The largest absolute Gasteiger partial charge is 0.450 e. The number of hydrogen-bond acceptors (Lipinski definition) is 4. The predicted octanol–water partition coefficient (Wildman–Crippen LogP) is 6.34. The fourth-order valence-corrected chi connectivity index (χ4v) is 6.19. The van der Waals surface area contributed by atoms with E-state index in [9.17, 15) is 18.8 Å². The zero-order chi connectivity index (χ0) is 28.5. The summed E-state index contributed by atoms with van der Waals surface area (Å²) in [5.74, 6) is -1.76. The van der Waals surface area contributed by atoms with Crippen LogP contribution in [0.2, 0.25) is 5.02 Å². The summed E-state index contributed by atoms with van der Waals surface area (Å²) in [5, 5.41) is 0.484. The number of aryl methyl sites for hydroxylation is 1. The number of halogens is 2. The van der Waals surface area contributed by atoms with Crippen molar-refractivity contribution < 1.29 is 18.4 Å². The van der Waals surface area contributed by atoms with Crippen molar-refractivity contribution in [3.05, 3.63) is 146 Å². The molecule has 0 bridgehead atoms. The Morgan fingerprint density at radius 2 is 1.61 bits per heavy atom. The summed E-state index contributed by atoms with van der Waals surface area (Å²) in [5.41, 5.74) is 0.857. The summed E-state index contributed by atoms with van der Waals surface area (Å²) >= 11 is 6.24. The molecule has 0 aliphatic carbocycles. The summed E-state index contributed by atoms with van der Waals surface area (Å²) in [6, 6.07) is 25.4. The summed E-state index contributed by atoms with van der Waals surface area (Å²) in [4.78, 5) is 46.2. The van der Waals surface area contributed by atoms with Gasteiger partial charge in [-0.05, 0) is 42.8 Å². The Kier molecular flexibility index (Phi) is 5.63. The molecule has 41 heavy (non-hydrogen) atoms. The van der Waals surface area contributed by atoms with Gasteiger partial charge in [-0.3, -0.25) is 14.4 Å². The van der Waals surface area contributed by atoms with Crippen LogP contribution in [-0.2, 0) is 23.4 Å². The Bertz CT molecular complexity index is 1970. The van der Waals surface area contributed by atoms with E-state index in [4.69, 9.17) is 16.0 Å². The van der Waals surface area contributed by atoms with Crippen LogP contribution in [0.15, 0.2) is 100 Å². The average molecular weight is 565 g/mol. The van der Waals surface area contributed by atoms with Crippen LogP contribution in [-0.4, -0.2) is 16.7 Å². The molecular weight excluding hydrogens is 543 g/mol. The Morgan fingerprint density at radius 3 is 2.39 bits per heavy atom. The highest BCUT2D eigenvalue weighted by molar-refractivity contribution is 6.31. The lowest BCUT2D eigenvalue weighted by Crippen LogP contribution is -2.53. The third kappa shape index (κ3) is 3.59. The van der Waals surface area contributed by atoms with Gasteiger partial charge in [0.15, 0.2) is 11.0 Å². The number of nitrogens with zero attached hydrogens (tertiary/aromatic N) is 2. The monoisotopic (exact) mass is 564 g/mol. The van der Waals surface area contributed by atoms with Crippen LogP contribution in [0.5, 0.6) is 0 Å². The molecule has 0 saturated carbocycles. The molecule has 1 spiro atoms. The van der Waals surface area contributed by atoms with E-state index in [1.165, 1.54) is 28.0 Å². The number of rotatable bonds is 4. The van der Waals surface area contributed by atoms with Gasteiger partial charge in [-0.15, -0.1) is 0 Å². The quantitative estimate of drug-likeness (QED) is 0.255. The fraction of sp³-hybridized carbons (Fsp3) is 0.121. The van der Waals surface area contributed by atoms with Gasteiger partial charge in [-0.25, -0.2) is 4.39 Å². The summed E-state index contributed by atoms with van der Waals surface area (Å²) < 4.78 is 20.9. The smallest absolute Gasteiger partial charge is 0.291 e. The van der Waals surface area contributed by atoms with Gasteiger partial charge in [0, 0.05) is 22.7 Å². The first-order valence-electron chi connectivity index (χ1n) is 13.1. The molecule has 3 heterocycles. The topological polar surface area (TPSA) is 70.8 Å². The Balaban J connectivity index is 1.52. The van der Waals surface area contributed by atoms with Crippen molar-refractivity contribution in [1.82, 2.24) is 4.90 Å². The second kappa shape index (κ2) is 9.14. The number of amides is 2. The number of carbonyl (C=O) groups is 2. The molecule has 5 aromatic rings. The zero-order valence-corrected chi connectivity index (χ0v) is 22.6. The summed E-state index contributed by atoms with van der Waals surface area (Å²) in [6.45, 7) is 1.91. The Hall–Kier alpha value is -4.75.